The maximum atomic E-state index is 11.2. The van der Waals surface area contributed by atoms with E-state index in [4.69, 9.17) is 21.5 Å². The third kappa shape index (κ3) is 2.64. The molecule has 0 saturated carbocycles. The van der Waals surface area contributed by atoms with Crippen LogP contribution in [0.4, 0.5) is 11.4 Å². The maximum absolute atomic E-state index is 11.2. The molecule has 1 aromatic carbocycles. The van der Waals surface area contributed by atoms with Crippen LogP contribution in [0.2, 0.25) is 0 Å². The van der Waals surface area contributed by atoms with Gasteiger partial charge in [0.05, 0.1) is 18.6 Å². The number of nitriles is 1. The first-order chi connectivity index (χ1) is 7.58. The van der Waals surface area contributed by atoms with Gasteiger partial charge in [-0.25, -0.2) is 0 Å². The van der Waals surface area contributed by atoms with Crippen molar-refractivity contribution in [2.75, 3.05) is 18.1 Å². The number of hydrogen-bond donors (Lipinski definition) is 2. The van der Waals surface area contributed by atoms with Crippen molar-refractivity contribution in [3.63, 3.8) is 0 Å². The molecule has 5 heteroatoms. The molecule has 0 aliphatic carbocycles. The average Bonchev–Trinajstić information content (AvgIpc) is 2.23. The Balaban J connectivity index is 2.95. The van der Waals surface area contributed by atoms with Crippen molar-refractivity contribution < 1.29 is 9.53 Å². The van der Waals surface area contributed by atoms with Gasteiger partial charge in [-0.3, -0.25) is 4.79 Å². The molecule has 84 valence electrons. The van der Waals surface area contributed by atoms with Gasteiger partial charge in [-0.05, 0) is 24.6 Å². The van der Waals surface area contributed by atoms with E-state index in [-0.39, 0.29) is 12.4 Å². The van der Waals surface area contributed by atoms with Gasteiger partial charge >= 0.3 is 5.97 Å². The lowest BCUT2D eigenvalue weighted by atomic mass is 10.1. The number of esters is 1. The molecule has 0 aliphatic rings. The summed E-state index contributed by atoms with van der Waals surface area (Å²) >= 11 is 0. The van der Waals surface area contributed by atoms with Gasteiger partial charge < -0.3 is 16.2 Å². The molecule has 16 heavy (non-hydrogen) atoms. The van der Waals surface area contributed by atoms with E-state index >= 15 is 0 Å². The Bertz CT molecular complexity index is 449. The highest BCUT2D eigenvalue weighted by Crippen LogP contribution is 2.21. The molecule has 0 atom stereocenters. The van der Waals surface area contributed by atoms with Crippen LogP contribution < -0.4 is 11.5 Å². The molecular formula is C11H13N3O2. The number of carbonyl (C=O) groups is 1. The lowest BCUT2D eigenvalue weighted by Gasteiger charge is -2.07. The van der Waals surface area contributed by atoms with Gasteiger partial charge in [-0.15, -0.1) is 0 Å². The fraction of sp³-hybridized carbons (Fsp3) is 0.273. The van der Waals surface area contributed by atoms with E-state index in [9.17, 15) is 4.79 Å². The molecule has 0 spiro atoms. The van der Waals surface area contributed by atoms with E-state index in [0.717, 1.165) is 0 Å². The number of rotatable bonds is 3. The molecule has 0 fully saturated rings. The molecule has 5 nitrogen and oxygen atoms in total. The Morgan fingerprint density at radius 2 is 2.12 bits per heavy atom. The number of carbonyl (C=O) groups excluding carboxylic acids is 1. The van der Waals surface area contributed by atoms with E-state index in [1.54, 1.807) is 6.92 Å². The van der Waals surface area contributed by atoms with Gasteiger partial charge in [0, 0.05) is 11.4 Å². The average molecular weight is 219 g/mol. The predicted molar refractivity (Wildman–Crippen MR) is 60.3 cm³/mol. The Labute approximate surface area is 93.6 Å². The smallest absolute Gasteiger partial charge is 0.310 e. The Hall–Kier alpha value is -2.22. The number of ether oxygens (including phenoxy) is 1. The Kier molecular flexibility index (Phi) is 3.72. The minimum Gasteiger partial charge on any atom is -0.466 e. The molecular weight excluding hydrogens is 206 g/mol. The van der Waals surface area contributed by atoms with Gasteiger partial charge in [0.1, 0.15) is 6.07 Å². The molecule has 4 N–H and O–H groups in total. The van der Waals surface area contributed by atoms with Crippen molar-refractivity contribution in [3.8, 4) is 6.07 Å². The Morgan fingerprint density at radius 1 is 1.44 bits per heavy atom. The second-order valence-electron chi connectivity index (χ2n) is 3.23. The monoisotopic (exact) mass is 219 g/mol. The summed E-state index contributed by atoms with van der Waals surface area (Å²) in [7, 11) is 0. The summed E-state index contributed by atoms with van der Waals surface area (Å²) in [5, 5.41) is 8.72. The van der Waals surface area contributed by atoms with Crippen molar-refractivity contribution >= 4 is 17.3 Å². The fourth-order valence-electron chi connectivity index (χ4n) is 1.30. The van der Waals surface area contributed by atoms with Crippen molar-refractivity contribution in [3.05, 3.63) is 23.3 Å². The quantitative estimate of drug-likeness (QED) is 0.579. The number of anilines is 2. The van der Waals surface area contributed by atoms with Crippen molar-refractivity contribution in [1.82, 2.24) is 0 Å². The van der Waals surface area contributed by atoms with Crippen LogP contribution >= 0.6 is 0 Å². The van der Waals surface area contributed by atoms with Gasteiger partial charge in [0.2, 0.25) is 0 Å². The lowest BCUT2D eigenvalue weighted by Crippen LogP contribution is -2.10. The fourth-order valence-corrected chi connectivity index (χ4v) is 1.30. The summed E-state index contributed by atoms with van der Waals surface area (Å²) in [5.74, 6) is -0.363. The first-order valence-corrected chi connectivity index (χ1v) is 4.82. The van der Waals surface area contributed by atoms with Gasteiger partial charge in [-0.2, -0.15) is 5.26 Å². The van der Waals surface area contributed by atoms with Gasteiger partial charge in [-0.1, -0.05) is 0 Å². The van der Waals surface area contributed by atoms with Crippen molar-refractivity contribution in [2.24, 2.45) is 0 Å². The third-order valence-corrected chi connectivity index (χ3v) is 2.07. The molecule has 1 aromatic rings. The number of nitrogens with zero attached hydrogens (tertiary/aromatic N) is 1. The largest absolute Gasteiger partial charge is 0.466 e. The Morgan fingerprint density at radius 3 is 2.69 bits per heavy atom. The van der Waals surface area contributed by atoms with Crippen LogP contribution in [0, 0.1) is 11.3 Å². The zero-order valence-corrected chi connectivity index (χ0v) is 8.99. The van der Waals surface area contributed by atoms with E-state index in [1.165, 1.54) is 12.1 Å². The highest BCUT2D eigenvalue weighted by Gasteiger charge is 2.10. The van der Waals surface area contributed by atoms with E-state index < -0.39 is 0 Å². The number of benzene rings is 1. The van der Waals surface area contributed by atoms with Crippen LogP contribution in [0.1, 0.15) is 18.1 Å². The summed E-state index contributed by atoms with van der Waals surface area (Å²) in [6.45, 7) is 2.05. The SMILES string of the molecule is CCOC(=O)Cc1cc(N)c(C#N)cc1N. The van der Waals surface area contributed by atoms with Crippen molar-refractivity contribution in [1.29, 1.82) is 5.26 Å². The summed E-state index contributed by atoms with van der Waals surface area (Å²) in [6, 6.07) is 4.92. The zero-order chi connectivity index (χ0) is 12.1. The van der Waals surface area contributed by atoms with Crippen LogP contribution in [-0.2, 0) is 16.0 Å². The zero-order valence-electron chi connectivity index (χ0n) is 8.99. The standard InChI is InChI=1S/C11H13N3O2/c1-2-16-11(15)5-7-3-10(14)8(6-12)4-9(7)13/h3-4H,2,5,13-14H2,1H3. The molecule has 0 aliphatic heterocycles. The summed E-state index contributed by atoms with van der Waals surface area (Å²) < 4.78 is 4.80. The molecule has 0 heterocycles. The van der Waals surface area contributed by atoms with Crippen LogP contribution in [0.25, 0.3) is 0 Å². The second-order valence-corrected chi connectivity index (χ2v) is 3.23. The maximum Gasteiger partial charge on any atom is 0.310 e. The minimum absolute atomic E-state index is 0.0651. The number of nitrogen functional groups attached to an aromatic ring is 2. The summed E-state index contributed by atoms with van der Waals surface area (Å²) in [6.07, 6.45) is 0.0651. The highest BCUT2D eigenvalue weighted by atomic mass is 16.5. The first-order valence-electron chi connectivity index (χ1n) is 4.82. The topological polar surface area (TPSA) is 102 Å². The van der Waals surface area contributed by atoms with Crippen LogP contribution in [0.15, 0.2) is 12.1 Å². The number of nitrogens with two attached hydrogens (primary N) is 2. The summed E-state index contributed by atoms with van der Waals surface area (Å²) in [4.78, 5) is 11.2. The predicted octanol–water partition coefficient (Wildman–Crippen LogP) is 0.828. The van der Waals surface area contributed by atoms with Crippen LogP contribution in [0.5, 0.6) is 0 Å². The molecule has 0 aromatic heterocycles. The molecule has 0 amide bonds. The van der Waals surface area contributed by atoms with E-state index in [1.807, 2.05) is 6.07 Å². The lowest BCUT2D eigenvalue weighted by molar-refractivity contribution is -0.142. The molecule has 0 unspecified atom stereocenters. The minimum atomic E-state index is -0.363. The van der Waals surface area contributed by atoms with E-state index in [0.29, 0.717) is 29.1 Å². The molecule has 0 bridgehead atoms. The van der Waals surface area contributed by atoms with Crippen molar-refractivity contribution in [2.45, 2.75) is 13.3 Å². The second kappa shape index (κ2) is 5.03. The van der Waals surface area contributed by atoms with Crippen LogP contribution in [-0.4, -0.2) is 12.6 Å². The molecule has 0 saturated heterocycles. The highest BCUT2D eigenvalue weighted by molar-refractivity contribution is 5.77. The number of hydrogen-bond acceptors (Lipinski definition) is 5. The normalized spacial score (nSPS) is 9.50. The molecule has 0 radical (unpaired) electrons. The molecule has 1 rings (SSSR count). The summed E-state index contributed by atoms with van der Waals surface area (Å²) in [5.41, 5.74) is 12.9. The third-order valence-electron chi connectivity index (χ3n) is 2.07. The first kappa shape index (κ1) is 11.9. The van der Waals surface area contributed by atoms with Crippen LogP contribution in [0.3, 0.4) is 0 Å². The van der Waals surface area contributed by atoms with Gasteiger partial charge in [0.15, 0.2) is 0 Å². The van der Waals surface area contributed by atoms with Gasteiger partial charge in [0.25, 0.3) is 0 Å². The van der Waals surface area contributed by atoms with E-state index in [2.05, 4.69) is 0 Å².